The van der Waals surface area contributed by atoms with Crippen molar-refractivity contribution in [1.82, 2.24) is 31.5 Å². The van der Waals surface area contributed by atoms with Crippen LogP contribution < -0.4 is 32.3 Å². The van der Waals surface area contributed by atoms with Gasteiger partial charge in [0.2, 0.25) is 0 Å². The van der Waals surface area contributed by atoms with Gasteiger partial charge in [-0.1, -0.05) is 0 Å². The summed E-state index contributed by atoms with van der Waals surface area (Å²) < 4.78 is 0. The SMILES string of the molecule is NCCN1CCNCCNCCCNCCCNCCNCC1. The van der Waals surface area contributed by atoms with E-state index in [0.29, 0.717) is 0 Å². The summed E-state index contributed by atoms with van der Waals surface area (Å²) in [5.74, 6) is 0. The second-order valence-corrected chi connectivity index (χ2v) is 6.09. The number of nitrogens with one attached hydrogen (secondary N) is 5. The number of hydrogen-bond donors (Lipinski definition) is 6. The van der Waals surface area contributed by atoms with Crippen molar-refractivity contribution in [3.05, 3.63) is 0 Å². The van der Waals surface area contributed by atoms with Crippen LogP contribution in [0.4, 0.5) is 0 Å². The summed E-state index contributed by atoms with van der Waals surface area (Å²) in [7, 11) is 0. The third kappa shape index (κ3) is 13.8. The minimum absolute atomic E-state index is 0.733. The summed E-state index contributed by atoms with van der Waals surface area (Å²) >= 11 is 0. The fraction of sp³-hybridized carbons (Fsp3) is 1.00. The highest BCUT2D eigenvalue weighted by Crippen LogP contribution is 1.85. The van der Waals surface area contributed by atoms with Gasteiger partial charge in [-0.15, -0.1) is 0 Å². The van der Waals surface area contributed by atoms with Crippen LogP contribution in [0.1, 0.15) is 12.8 Å². The van der Waals surface area contributed by atoms with Gasteiger partial charge in [0.05, 0.1) is 0 Å². The molecule has 0 aromatic heterocycles. The number of hydrogen-bond acceptors (Lipinski definition) is 7. The first kappa shape index (κ1) is 20.8. The van der Waals surface area contributed by atoms with Crippen LogP contribution in [0.5, 0.6) is 0 Å². The fourth-order valence-electron chi connectivity index (χ4n) is 2.65. The van der Waals surface area contributed by atoms with Gasteiger partial charge in [-0.25, -0.2) is 0 Å². The van der Waals surface area contributed by atoms with Crippen LogP contribution in [0.2, 0.25) is 0 Å². The summed E-state index contributed by atoms with van der Waals surface area (Å²) in [6.07, 6.45) is 2.39. The largest absolute Gasteiger partial charge is 0.329 e. The van der Waals surface area contributed by atoms with Gasteiger partial charge in [0.1, 0.15) is 0 Å². The summed E-state index contributed by atoms with van der Waals surface area (Å²) in [6.45, 7) is 14.5. The minimum Gasteiger partial charge on any atom is -0.329 e. The first-order valence-corrected chi connectivity index (χ1v) is 9.39. The van der Waals surface area contributed by atoms with Gasteiger partial charge in [0.15, 0.2) is 0 Å². The standard InChI is InChI=1S/C16H39N7/c17-3-14-23-15-12-21-10-8-19-6-1-4-18-5-2-7-20-9-11-22-13-16-23/h18-22H,1-17H2. The van der Waals surface area contributed by atoms with Crippen molar-refractivity contribution in [3.63, 3.8) is 0 Å². The zero-order chi connectivity index (χ0) is 16.4. The number of nitrogens with zero attached hydrogens (tertiary/aromatic N) is 1. The first-order chi connectivity index (χ1) is 11.4. The second-order valence-electron chi connectivity index (χ2n) is 6.09. The molecule has 0 saturated carbocycles. The van der Waals surface area contributed by atoms with Gasteiger partial charge >= 0.3 is 0 Å². The van der Waals surface area contributed by atoms with Crippen LogP contribution in [0.3, 0.4) is 0 Å². The molecule has 1 saturated heterocycles. The van der Waals surface area contributed by atoms with E-state index in [1.807, 2.05) is 0 Å². The average molecular weight is 330 g/mol. The van der Waals surface area contributed by atoms with Gasteiger partial charge in [0.25, 0.3) is 0 Å². The molecular formula is C16H39N7. The Bertz CT molecular complexity index is 220. The van der Waals surface area contributed by atoms with Crippen LogP contribution in [-0.2, 0) is 0 Å². The molecular weight excluding hydrogens is 290 g/mol. The van der Waals surface area contributed by atoms with Gasteiger partial charge in [-0.3, -0.25) is 4.90 Å². The normalized spacial score (nSPS) is 23.3. The highest BCUT2D eigenvalue weighted by Gasteiger charge is 2.03. The van der Waals surface area contributed by atoms with Crippen molar-refractivity contribution in [2.45, 2.75) is 12.8 Å². The van der Waals surface area contributed by atoms with Crippen molar-refractivity contribution in [2.24, 2.45) is 5.73 Å². The molecule has 7 nitrogen and oxygen atoms in total. The van der Waals surface area contributed by atoms with Crippen LogP contribution in [0.25, 0.3) is 0 Å². The topological polar surface area (TPSA) is 89.4 Å². The molecule has 0 bridgehead atoms. The molecule has 0 aromatic carbocycles. The molecule has 0 aromatic rings. The van der Waals surface area contributed by atoms with E-state index in [2.05, 4.69) is 31.5 Å². The monoisotopic (exact) mass is 329 g/mol. The van der Waals surface area contributed by atoms with Crippen molar-refractivity contribution >= 4 is 0 Å². The zero-order valence-electron chi connectivity index (χ0n) is 14.8. The van der Waals surface area contributed by atoms with Gasteiger partial charge in [-0.05, 0) is 39.0 Å². The predicted molar refractivity (Wildman–Crippen MR) is 99.1 cm³/mol. The van der Waals surface area contributed by atoms with E-state index in [9.17, 15) is 0 Å². The highest BCUT2D eigenvalue weighted by molar-refractivity contribution is 4.64. The third-order valence-electron chi connectivity index (χ3n) is 4.03. The average Bonchev–Trinajstić information content (AvgIpc) is 2.55. The van der Waals surface area contributed by atoms with Crippen molar-refractivity contribution < 1.29 is 0 Å². The van der Waals surface area contributed by atoms with Gasteiger partial charge < -0.3 is 32.3 Å². The molecule has 0 unspecified atom stereocenters. The quantitative estimate of drug-likeness (QED) is 0.349. The lowest BCUT2D eigenvalue weighted by Gasteiger charge is -2.22. The molecule has 1 fully saturated rings. The van der Waals surface area contributed by atoms with Crippen molar-refractivity contribution in [3.8, 4) is 0 Å². The van der Waals surface area contributed by atoms with Crippen molar-refractivity contribution in [2.75, 3.05) is 91.6 Å². The molecule has 138 valence electrons. The molecule has 1 heterocycles. The van der Waals surface area contributed by atoms with Gasteiger partial charge in [0, 0.05) is 65.4 Å². The van der Waals surface area contributed by atoms with E-state index in [1.165, 1.54) is 12.8 Å². The van der Waals surface area contributed by atoms with Crippen LogP contribution in [0, 0.1) is 0 Å². The van der Waals surface area contributed by atoms with E-state index in [1.54, 1.807) is 0 Å². The lowest BCUT2D eigenvalue weighted by atomic mass is 10.3. The summed E-state index contributed by atoms with van der Waals surface area (Å²) in [4.78, 5) is 2.44. The Kier molecular flexibility index (Phi) is 15.0. The Labute approximate surface area is 142 Å². The molecule has 1 aliphatic heterocycles. The summed E-state index contributed by atoms with van der Waals surface area (Å²) in [5.41, 5.74) is 5.71. The molecule has 7 N–H and O–H groups in total. The van der Waals surface area contributed by atoms with E-state index in [-0.39, 0.29) is 0 Å². The number of rotatable bonds is 2. The first-order valence-electron chi connectivity index (χ1n) is 9.39. The molecule has 0 spiro atoms. The zero-order valence-corrected chi connectivity index (χ0v) is 14.8. The fourth-order valence-corrected chi connectivity index (χ4v) is 2.65. The summed E-state index contributed by atoms with van der Waals surface area (Å²) in [6, 6.07) is 0. The summed E-state index contributed by atoms with van der Waals surface area (Å²) in [5, 5.41) is 17.5. The lowest BCUT2D eigenvalue weighted by Crippen LogP contribution is -2.41. The predicted octanol–water partition coefficient (Wildman–Crippen LogP) is -2.01. The molecule has 0 amide bonds. The molecule has 23 heavy (non-hydrogen) atoms. The second kappa shape index (κ2) is 16.6. The van der Waals surface area contributed by atoms with Crippen LogP contribution >= 0.6 is 0 Å². The molecule has 1 aliphatic rings. The maximum Gasteiger partial charge on any atom is 0.0108 e. The van der Waals surface area contributed by atoms with Crippen molar-refractivity contribution in [1.29, 1.82) is 0 Å². The van der Waals surface area contributed by atoms with Crippen LogP contribution in [-0.4, -0.2) is 96.5 Å². The Hall–Kier alpha value is -0.280. The Morgan fingerprint density at radius 1 is 0.565 bits per heavy atom. The third-order valence-corrected chi connectivity index (χ3v) is 4.03. The van der Waals surface area contributed by atoms with E-state index in [4.69, 9.17) is 5.73 Å². The van der Waals surface area contributed by atoms with Crippen LogP contribution in [0.15, 0.2) is 0 Å². The minimum atomic E-state index is 0.733. The van der Waals surface area contributed by atoms with Gasteiger partial charge in [-0.2, -0.15) is 0 Å². The maximum atomic E-state index is 5.71. The molecule has 0 aliphatic carbocycles. The Morgan fingerprint density at radius 3 is 1.39 bits per heavy atom. The van der Waals surface area contributed by atoms with E-state index >= 15 is 0 Å². The molecule has 7 heteroatoms. The molecule has 0 radical (unpaired) electrons. The molecule has 0 atom stereocenters. The highest BCUT2D eigenvalue weighted by atomic mass is 15.2. The smallest absolute Gasteiger partial charge is 0.0108 e. The maximum absolute atomic E-state index is 5.71. The number of nitrogens with two attached hydrogens (primary N) is 1. The lowest BCUT2D eigenvalue weighted by molar-refractivity contribution is 0.280. The Balaban J connectivity index is 2.17. The van der Waals surface area contributed by atoms with E-state index < -0.39 is 0 Å². The van der Waals surface area contributed by atoms with E-state index in [0.717, 1.165) is 91.6 Å². The Morgan fingerprint density at radius 2 is 0.957 bits per heavy atom. The molecule has 1 rings (SSSR count).